The van der Waals surface area contributed by atoms with E-state index in [0.717, 1.165) is 24.1 Å². The van der Waals surface area contributed by atoms with Crippen molar-refractivity contribution in [3.05, 3.63) is 40.7 Å². The lowest BCUT2D eigenvalue weighted by molar-refractivity contribution is -0.132. The fourth-order valence-electron chi connectivity index (χ4n) is 5.37. The molecule has 10 heteroatoms. The Hall–Kier alpha value is -3.56. The van der Waals surface area contributed by atoms with Crippen molar-refractivity contribution in [2.24, 2.45) is 7.05 Å². The molecule has 10 nitrogen and oxygen atoms in total. The minimum atomic E-state index is -0.211. The summed E-state index contributed by atoms with van der Waals surface area (Å²) in [6, 6.07) is 5.35. The summed E-state index contributed by atoms with van der Waals surface area (Å²) in [5, 5.41) is 7.48. The number of hydrogen-bond acceptors (Lipinski definition) is 6. The highest BCUT2D eigenvalue weighted by molar-refractivity contribution is 5.98. The number of fused-ring (bicyclic) bond motifs is 2. The smallest absolute Gasteiger partial charge is 0.272 e. The number of nitrogens with one attached hydrogen (secondary N) is 1. The molecule has 3 heterocycles. The molecule has 2 bridgehead atoms. The van der Waals surface area contributed by atoms with Crippen LogP contribution in [0, 0.1) is 0 Å². The predicted molar refractivity (Wildman–Crippen MR) is 131 cm³/mol. The van der Waals surface area contributed by atoms with E-state index in [1.165, 1.54) is 0 Å². The van der Waals surface area contributed by atoms with Gasteiger partial charge in [-0.2, -0.15) is 5.10 Å². The minimum absolute atomic E-state index is 0.0246. The van der Waals surface area contributed by atoms with Gasteiger partial charge in [-0.25, -0.2) is 0 Å². The van der Waals surface area contributed by atoms with Crippen LogP contribution >= 0.6 is 0 Å². The Morgan fingerprint density at radius 2 is 1.89 bits per heavy atom. The number of carbonyl (C=O) groups excluding carboxylic acids is 3. The standard InChI is InChI=1S/C26H33N5O5/c1-29-17-9-10-20-19(16-17)23(28-30(20)2)25(33)27-11-5-13-31(12-4-8-22(29)32)26(34)18-6-3-7-21-24(18)36-15-14-35-21/h3,6-7,17H,4-5,8-16H2,1-2H3,(H,27,33). The molecule has 0 radical (unpaired) electrons. The summed E-state index contributed by atoms with van der Waals surface area (Å²) in [6.45, 7) is 2.14. The third kappa shape index (κ3) is 4.64. The Balaban J connectivity index is 1.37. The summed E-state index contributed by atoms with van der Waals surface area (Å²) in [5.74, 6) is 0.706. The van der Waals surface area contributed by atoms with Crippen molar-refractivity contribution in [3.63, 3.8) is 0 Å². The molecular formula is C26H33N5O5. The van der Waals surface area contributed by atoms with Crippen molar-refractivity contribution >= 4 is 17.7 Å². The highest BCUT2D eigenvalue weighted by atomic mass is 16.6. The zero-order valence-electron chi connectivity index (χ0n) is 20.9. The molecule has 0 fully saturated rings. The van der Waals surface area contributed by atoms with Gasteiger partial charge in [-0.15, -0.1) is 0 Å². The van der Waals surface area contributed by atoms with E-state index < -0.39 is 0 Å². The minimum Gasteiger partial charge on any atom is -0.486 e. The summed E-state index contributed by atoms with van der Waals surface area (Å²) < 4.78 is 13.2. The number of para-hydroxylation sites is 1. The van der Waals surface area contributed by atoms with Gasteiger partial charge < -0.3 is 24.6 Å². The second-order valence-electron chi connectivity index (χ2n) is 9.63. The average molecular weight is 496 g/mol. The van der Waals surface area contributed by atoms with Crippen molar-refractivity contribution in [3.8, 4) is 11.5 Å². The van der Waals surface area contributed by atoms with Gasteiger partial charge >= 0.3 is 0 Å². The Bertz CT molecular complexity index is 1180. The van der Waals surface area contributed by atoms with E-state index in [9.17, 15) is 14.4 Å². The lowest BCUT2D eigenvalue weighted by Crippen LogP contribution is -2.41. The van der Waals surface area contributed by atoms with Gasteiger partial charge in [-0.1, -0.05) is 6.07 Å². The monoisotopic (exact) mass is 495 g/mol. The molecule has 1 atom stereocenters. The maximum atomic E-state index is 13.5. The number of hydrogen-bond donors (Lipinski definition) is 1. The van der Waals surface area contributed by atoms with Crippen molar-refractivity contribution < 1.29 is 23.9 Å². The van der Waals surface area contributed by atoms with Gasteiger partial charge in [-0.3, -0.25) is 19.1 Å². The lowest BCUT2D eigenvalue weighted by Gasteiger charge is -2.32. The molecule has 0 saturated heterocycles. The topological polar surface area (TPSA) is 106 Å². The van der Waals surface area contributed by atoms with E-state index in [4.69, 9.17) is 9.47 Å². The Labute approximate surface area is 210 Å². The fourth-order valence-corrected chi connectivity index (χ4v) is 5.37. The number of ether oxygens (including phenoxy) is 2. The second-order valence-corrected chi connectivity index (χ2v) is 9.63. The number of amides is 3. The van der Waals surface area contributed by atoms with E-state index in [-0.39, 0.29) is 23.8 Å². The molecule has 192 valence electrons. The van der Waals surface area contributed by atoms with Gasteiger partial charge in [0.1, 0.15) is 13.2 Å². The maximum absolute atomic E-state index is 13.5. The number of aryl methyl sites for hydroxylation is 1. The molecule has 0 saturated carbocycles. The number of carbonyl (C=O) groups is 3. The molecule has 2 aliphatic heterocycles. The summed E-state index contributed by atoms with van der Waals surface area (Å²) >= 11 is 0. The second kappa shape index (κ2) is 10.2. The van der Waals surface area contributed by atoms with Gasteiger partial charge in [0.05, 0.1) is 5.56 Å². The third-order valence-electron chi connectivity index (χ3n) is 7.38. The summed E-state index contributed by atoms with van der Waals surface area (Å²) in [6.07, 6.45) is 3.73. The van der Waals surface area contributed by atoms with Crippen LogP contribution in [0.25, 0.3) is 0 Å². The number of aromatic nitrogens is 2. The molecule has 3 aliphatic rings. The van der Waals surface area contributed by atoms with Crippen LogP contribution in [0.5, 0.6) is 11.5 Å². The van der Waals surface area contributed by atoms with Crippen LogP contribution in [-0.4, -0.2) is 83.2 Å². The molecular weight excluding hydrogens is 462 g/mol. The first-order chi connectivity index (χ1) is 17.4. The number of likely N-dealkylation sites (N-methyl/N-ethyl adjacent to an activating group) is 1. The van der Waals surface area contributed by atoms with Gasteiger partial charge in [0.25, 0.3) is 11.8 Å². The zero-order chi connectivity index (χ0) is 25.2. The van der Waals surface area contributed by atoms with Crippen LogP contribution in [0.15, 0.2) is 18.2 Å². The van der Waals surface area contributed by atoms with Crippen molar-refractivity contribution in [2.75, 3.05) is 39.9 Å². The Morgan fingerprint density at radius 1 is 1.08 bits per heavy atom. The van der Waals surface area contributed by atoms with Crippen LogP contribution < -0.4 is 14.8 Å². The van der Waals surface area contributed by atoms with Gasteiger partial charge in [0.15, 0.2) is 17.2 Å². The molecule has 2 aromatic rings. The first kappa shape index (κ1) is 24.1. The number of rotatable bonds is 1. The van der Waals surface area contributed by atoms with Gasteiger partial charge in [0, 0.05) is 57.4 Å². The Morgan fingerprint density at radius 3 is 2.75 bits per heavy atom. The summed E-state index contributed by atoms with van der Waals surface area (Å²) in [7, 11) is 3.70. The summed E-state index contributed by atoms with van der Waals surface area (Å²) in [5.41, 5.74) is 2.90. The van der Waals surface area contributed by atoms with Crippen LogP contribution in [0.3, 0.4) is 0 Å². The van der Waals surface area contributed by atoms with Crippen LogP contribution in [0.2, 0.25) is 0 Å². The quantitative estimate of drug-likeness (QED) is 0.644. The highest BCUT2D eigenvalue weighted by Crippen LogP contribution is 2.34. The first-order valence-electron chi connectivity index (χ1n) is 12.7. The third-order valence-corrected chi connectivity index (χ3v) is 7.38. The molecule has 1 aliphatic carbocycles. The van der Waals surface area contributed by atoms with Gasteiger partial charge in [0.2, 0.25) is 5.91 Å². The normalized spacial score (nSPS) is 20.9. The van der Waals surface area contributed by atoms with E-state index >= 15 is 0 Å². The van der Waals surface area contributed by atoms with E-state index in [1.807, 2.05) is 19.0 Å². The molecule has 3 amide bonds. The van der Waals surface area contributed by atoms with Crippen molar-refractivity contribution in [1.82, 2.24) is 24.9 Å². The van der Waals surface area contributed by atoms with Crippen molar-refractivity contribution in [1.29, 1.82) is 0 Å². The van der Waals surface area contributed by atoms with E-state index in [0.29, 0.717) is 81.3 Å². The highest BCUT2D eigenvalue weighted by Gasteiger charge is 2.32. The van der Waals surface area contributed by atoms with Crippen LogP contribution in [0.1, 0.15) is 57.8 Å². The maximum Gasteiger partial charge on any atom is 0.272 e. The molecule has 5 rings (SSSR count). The van der Waals surface area contributed by atoms with Gasteiger partial charge in [-0.05, 0) is 44.2 Å². The lowest BCUT2D eigenvalue weighted by atomic mass is 9.90. The van der Waals surface area contributed by atoms with E-state index in [1.54, 1.807) is 27.8 Å². The van der Waals surface area contributed by atoms with Crippen molar-refractivity contribution in [2.45, 2.75) is 44.6 Å². The molecule has 1 aromatic heterocycles. The number of benzene rings is 1. The number of nitrogens with zero attached hydrogens (tertiary/aromatic N) is 4. The first-order valence-corrected chi connectivity index (χ1v) is 12.7. The predicted octanol–water partition coefficient (Wildman–Crippen LogP) is 1.56. The SMILES string of the molecule is CN1C(=O)CCCN(C(=O)c2cccc3c2OCCO3)CCCNC(=O)c2nn(C)c3c2CC1CC3. The molecule has 36 heavy (non-hydrogen) atoms. The largest absolute Gasteiger partial charge is 0.486 e. The fraction of sp³-hybridized carbons (Fsp3) is 0.538. The van der Waals surface area contributed by atoms with Crippen LogP contribution in [0.4, 0.5) is 0 Å². The van der Waals surface area contributed by atoms with E-state index in [2.05, 4.69) is 10.4 Å². The van der Waals surface area contributed by atoms with Crippen LogP contribution in [-0.2, 0) is 24.7 Å². The Kier molecular flexibility index (Phi) is 6.84. The molecule has 1 unspecified atom stereocenters. The molecule has 1 N–H and O–H groups in total. The summed E-state index contributed by atoms with van der Waals surface area (Å²) in [4.78, 5) is 43.1. The average Bonchev–Trinajstić information content (AvgIpc) is 3.23. The molecule has 0 spiro atoms. The molecule has 1 aromatic carbocycles. The zero-order valence-corrected chi connectivity index (χ0v) is 20.9.